The third-order valence-corrected chi connectivity index (χ3v) is 7.33. The molecule has 0 saturated carbocycles. The summed E-state index contributed by atoms with van der Waals surface area (Å²) in [5, 5.41) is 11.5. The van der Waals surface area contributed by atoms with Crippen molar-refractivity contribution < 1.29 is 57.4 Å². The molecule has 2 heterocycles. The monoisotopic (exact) mass is 620 g/mol. The van der Waals surface area contributed by atoms with Crippen LogP contribution < -0.4 is 4.74 Å². The summed E-state index contributed by atoms with van der Waals surface area (Å²) in [7, 11) is 0. The van der Waals surface area contributed by atoms with Crippen LogP contribution in [0.3, 0.4) is 0 Å². The van der Waals surface area contributed by atoms with Gasteiger partial charge in [0.05, 0.1) is 13.2 Å². The lowest BCUT2D eigenvalue weighted by Crippen LogP contribution is -2.68. The number of aliphatic hydroxyl groups is 1. The lowest BCUT2D eigenvalue weighted by atomic mass is 9.82. The van der Waals surface area contributed by atoms with Crippen LogP contribution in [-0.2, 0) is 53.4 Å². The predicted octanol–water partition coefficient (Wildman–Crippen LogP) is 3.13. The van der Waals surface area contributed by atoms with Crippen molar-refractivity contribution in [3.8, 4) is 5.75 Å². The van der Waals surface area contributed by atoms with Crippen LogP contribution in [0.25, 0.3) is 0 Å². The van der Waals surface area contributed by atoms with E-state index >= 15 is 0 Å². The Labute approximate surface area is 253 Å². The fourth-order valence-corrected chi connectivity index (χ4v) is 5.50. The number of hydrogen-bond donors (Lipinski definition) is 1. The number of aliphatic hydroxyl groups excluding tert-OH is 1. The highest BCUT2D eigenvalue weighted by Gasteiger charge is 2.72. The molecular formula is C30H33ClO12. The fraction of sp³-hybridized carbons (Fsp3) is 0.467. The van der Waals surface area contributed by atoms with E-state index in [9.17, 15) is 24.3 Å². The molecule has 43 heavy (non-hydrogen) atoms. The fourth-order valence-electron chi connectivity index (χ4n) is 5.28. The van der Waals surface area contributed by atoms with Crippen molar-refractivity contribution in [2.75, 3.05) is 19.8 Å². The number of esters is 4. The van der Waals surface area contributed by atoms with Crippen LogP contribution in [0.4, 0.5) is 0 Å². The van der Waals surface area contributed by atoms with Crippen molar-refractivity contribution in [1.82, 2.24) is 0 Å². The maximum absolute atomic E-state index is 12.4. The van der Waals surface area contributed by atoms with Crippen LogP contribution in [-0.4, -0.2) is 72.7 Å². The molecule has 2 aliphatic heterocycles. The van der Waals surface area contributed by atoms with Gasteiger partial charge >= 0.3 is 23.9 Å². The second-order valence-electron chi connectivity index (χ2n) is 10.2. The maximum Gasteiger partial charge on any atom is 0.303 e. The van der Waals surface area contributed by atoms with Gasteiger partial charge in [-0.2, -0.15) is 0 Å². The summed E-state index contributed by atoms with van der Waals surface area (Å²) in [4.78, 5) is 48.7. The highest BCUT2D eigenvalue weighted by atomic mass is 35.5. The van der Waals surface area contributed by atoms with E-state index in [0.29, 0.717) is 17.9 Å². The Kier molecular flexibility index (Phi) is 9.65. The molecule has 232 valence electrons. The first-order valence-corrected chi connectivity index (χ1v) is 13.9. The Hall–Kier alpha value is -3.71. The van der Waals surface area contributed by atoms with E-state index in [1.54, 1.807) is 24.3 Å². The molecule has 12 nitrogen and oxygen atoms in total. The summed E-state index contributed by atoms with van der Waals surface area (Å²) in [6, 6.07) is 11.3. The van der Waals surface area contributed by atoms with E-state index in [-0.39, 0.29) is 22.8 Å². The van der Waals surface area contributed by atoms with Crippen LogP contribution in [0.2, 0.25) is 5.02 Å². The summed E-state index contributed by atoms with van der Waals surface area (Å²) >= 11 is 6.53. The molecule has 2 bridgehead atoms. The van der Waals surface area contributed by atoms with Crippen LogP contribution in [0.15, 0.2) is 42.5 Å². The summed E-state index contributed by atoms with van der Waals surface area (Å²) in [5.41, 5.74) is -0.687. The van der Waals surface area contributed by atoms with Crippen LogP contribution in [0, 0.1) is 0 Å². The molecule has 0 amide bonds. The minimum atomic E-state index is -1.97. The van der Waals surface area contributed by atoms with Gasteiger partial charge in [0.25, 0.3) is 0 Å². The van der Waals surface area contributed by atoms with E-state index in [2.05, 4.69) is 0 Å². The van der Waals surface area contributed by atoms with Crippen molar-refractivity contribution in [2.24, 2.45) is 0 Å². The quantitative estimate of drug-likeness (QED) is 0.307. The average molecular weight is 621 g/mol. The molecule has 2 aromatic carbocycles. The Morgan fingerprint density at radius 2 is 1.56 bits per heavy atom. The van der Waals surface area contributed by atoms with E-state index < -0.39 is 66.3 Å². The third kappa shape index (κ3) is 6.62. The van der Waals surface area contributed by atoms with Gasteiger partial charge in [-0.05, 0) is 36.8 Å². The zero-order chi connectivity index (χ0) is 31.5. The Balaban J connectivity index is 1.86. The van der Waals surface area contributed by atoms with Gasteiger partial charge in [-0.25, -0.2) is 0 Å². The topological polar surface area (TPSA) is 153 Å². The molecule has 13 heteroatoms. The zero-order valence-electron chi connectivity index (χ0n) is 24.3. The second kappa shape index (κ2) is 12.9. The smallest absolute Gasteiger partial charge is 0.303 e. The number of rotatable bonds is 10. The van der Waals surface area contributed by atoms with E-state index in [1.807, 2.05) is 6.92 Å². The summed E-state index contributed by atoms with van der Waals surface area (Å²) < 4.78 is 40.3. The molecule has 2 aliphatic rings. The minimum Gasteiger partial charge on any atom is -0.494 e. The average Bonchev–Trinajstić information content (AvgIpc) is 3.30. The molecule has 0 spiro atoms. The van der Waals surface area contributed by atoms with Gasteiger partial charge in [-0.3, -0.25) is 19.2 Å². The zero-order valence-corrected chi connectivity index (χ0v) is 25.0. The van der Waals surface area contributed by atoms with Crippen LogP contribution in [0.1, 0.15) is 57.4 Å². The van der Waals surface area contributed by atoms with Crippen molar-refractivity contribution in [3.63, 3.8) is 0 Å². The first kappa shape index (κ1) is 32.2. The summed E-state index contributed by atoms with van der Waals surface area (Å²) in [6.45, 7) is 6.14. The van der Waals surface area contributed by atoms with Crippen LogP contribution in [0.5, 0.6) is 5.75 Å². The summed E-state index contributed by atoms with van der Waals surface area (Å²) in [5.74, 6) is -4.32. The summed E-state index contributed by atoms with van der Waals surface area (Å²) in [6.07, 6.45) is -5.58. The molecule has 1 unspecified atom stereocenters. The molecule has 4 rings (SSSR count). The van der Waals surface area contributed by atoms with Crippen molar-refractivity contribution in [1.29, 1.82) is 0 Å². The molecule has 1 N–H and O–H groups in total. The second-order valence-corrected chi connectivity index (χ2v) is 10.6. The highest BCUT2D eigenvalue weighted by molar-refractivity contribution is 6.31. The van der Waals surface area contributed by atoms with Gasteiger partial charge in [-0.1, -0.05) is 29.8 Å². The standard InChI is InChI=1S/C30H33ClO12/c1-6-37-22-10-7-20(8-11-22)25(36)23-13-21(9-12-24(23)31)30-28(42-19(5)35)26(40-17(3)33)27(41-18(4)34)29(43-30,15-39-30)14-38-16(2)32/h7-13,25-28,36H,6,14-15H2,1-5H3/t25?,26-,27-,28+,29-,30-/m0/s1. The molecule has 2 aromatic rings. The molecule has 6 atom stereocenters. The van der Waals surface area contributed by atoms with Gasteiger partial charge in [0.15, 0.2) is 17.8 Å². The normalized spacial score (nSPS) is 26.6. The molecule has 2 saturated heterocycles. The first-order valence-electron chi connectivity index (χ1n) is 13.5. The third-order valence-electron chi connectivity index (χ3n) is 6.98. The van der Waals surface area contributed by atoms with Crippen molar-refractivity contribution >= 4 is 35.5 Å². The molecule has 0 aliphatic carbocycles. The number of hydrogen-bond acceptors (Lipinski definition) is 12. The first-order chi connectivity index (χ1) is 20.3. The van der Waals surface area contributed by atoms with E-state index in [1.165, 1.54) is 25.1 Å². The number of benzene rings is 2. The molecule has 0 aromatic heterocycles. The van der Waals surface area contributed by atoms with Gasteiger partial charge in [0, 0.05) is 43.8 Å². The van der Waals surface area contributed by atoms with Gasteiger partial charge in [-0.15, -0.1) is 0 Å². The van der Waals surface area contributed by atoms with Gasteiger partial charge < -0.3 is 38.3 Å². The lowest BCUT2D eigenvalue weighted by molar-refractivity contribution is -0.334. The van der Waals surface area contributed by atoms with Gasteiger partial charge in [0.1, 0.15) is 18.5 Å². The van der Waals surface area contributed by atoms with E-state index in [4.69, 9.17) is 44.8 Å². The SMILES string of the molecule is CCOc1ccc(C(O)c2cc([C@]34OC[C@](COC(C)=O)(O3)[C@@H](OC(C)=O)[C@H](OC(C)=O)[C@H]4OC(C)=O)ccc2Cl)cc1. The van der Waals surface area contributed by atoms with E-state index in [0.717, 1.165) is 20.8 Å². The molecule has 2 fully saturated rings. The Morgan fingerprint density at radius 3 is 2.14 bits per heavy atom. The number of halogens is 1. The van der Waals surface area contributed by atoms with Crippen molar-refractivity contribution in [2.45, 2.75) is 70.4 Å². The van der Waals surface area contributed by atoms with Gasteiger partial charge in [0.2, 0.25) is 11.9 Å². The number of carbonyl (C=O) groups is 4. The molecule has 0 radical (unpaired) electrons. The molecular weight excluding hydrogens is 588 g/mol. The number of fused-ring (bicyclic) bond motifs is 2. The minimum absolute atomic E-state index is 0.208. The highest BCUT2D eigenvalue weighted by Crippen LogP contribution is 2.53. The van der Waals surface area contributed by atoms with Crippen LogP contribution >= 0.6 is 11.6 Å². The Bertz CT molecular complexity index is 1380. The number of carbonyl (C=O) groups excluding carboxylic acids is 4. The Morgan fingerprint density at radius 1 is 0.930 bits per heavy atom. The maximum atomic E-state index is 12.4. The number of ether oxygens (including phenoxy) is 7. The van der Waals surface area contributed by atoms with Crippen molar-refractivity contribution in [3.05, 3.63) is 64.2 Å². The largest absolute Gasteiger partial charge is 0.494 e. The lowest BCUT2D eigenvalue weighted by Gasteiger charge is -2.49. The predicted molar refractivity (Wildman–Crippen MR) is 148 cm³/mol.